The second kappa shape index (κ2) is 7.51. The molecule has 1 aliphatic heterocycles. The van der Waals surface area contributed by atoms with Crippen molar-refractivity contribution in [3.63, 3.8) is 0 Å². The first-order chi connectivity index (χ1) is 8.90. The van der Waals surface area contributed by atoms with Gasteiger partial charge < -0.3 is 9.80 Å². The lowest BCUT2D eigenvalue weighted by atomic mass is 9.99. The van der Waals surface area contributed by atoms with E-state index in [4.69, 9.17) is 0 Å². The number of hydrogen-bond acceptors (Lipinski definition) is 2. The van der Waals surface area contributed by atoms with Gasteiger partial charge in [-0.05, 0) is 31.1 Å². The fraction of sp³-hybridized carbons (Fsp3) is 0.867. The van der Waals surface area contributed by atoms with Gasteiger partial charge in [-0.15, -0.1) is 0 Å². The van der Waals surface area contributed by atoms with Gasteiger partial charge in [-0.1, -0.05) is 20.8 Å². The van der Waals surface area contributed by atoms with Crippen LogP contribution in [0.3, 0.4) is 0 Å². The van der Waals surface area contributed by atoms with E-state index in [1.807, 2.05) is 4.90 Å². The van der Waals surface area contributed by atoms with Crippen LogP contribution in [-0.2, 0) is 9.59 Å². The molecule has 0 spiro atoms. The Hall–Kier alpha value is -1.06. The number of nitrogens with zero attached hydrogens (tertiary/aromatic N) is 2. The molecule has 0 aromatic rings. The highest BCUT2D eigenvalue weighted by atomic mass is 16.2. The van der Waals surface area contributed by atoms with Gasteiger partial charge in [0.2, 0.25) is 11.8 Å². The molecular weight excluding hydrogens is 240 g/mol. The molecule has 0 radical (unpaired) electrons. The minimum atomic E-state index is -0.000576. The molecule has 1 aliphatic rings. The minimum absolute atomic E-state index is 0.000576. The Morgan fingerprint density at radius 1 is 1.26 bits per heavy atom. The molecule has 0 unspecified atom stereocenters. The van der Waals surface area contributed by atoms with Crippen molar-refractivity contribution in [2.24, 2.45) is 11.8 Å². The van der Waals surface area contributed by atoms with Crippen molar-refractivity contribution >= 4 is 11.8 Å². The van der Waals surface area contributed by atoms with Crippen molar-refractivity contribution in [1.29, 1.82) is 0 Å². The average molecular weight is 268 g/mol. The second-order valence-electron chi connectivity index (χ2n) is 6.19. The first kappa shape index (κ1) is 16.0. The van der Waals surface area contributed by atoms with E-state index in [0.717, 1.165) is 32.4 Å². The van der Waals surface area contributed by atoms with Gasteiger partial charge in [0.05, 0.1) is 6.54 Å². The van der Waals surface area contributed by atoms with Crippen molar-refractivity contribution in [3.8, 4) is 0 Å². The maximum Gasteiger partial charge on any atom is 0.242 e. The first-order valence-electron chi connectivity index (χ1n) is 7.43. The fourth-order valence-electron chi connectivity index (χ4n) is 2.28. The summed E-state index contributed by atoms with van der Waals surface area (Å²) in [4.78, 5) is 27.4. The normalized spacial score (nSPS) is 16.8. The third-order valence-electron chi connectivity index (χ3n) is 3.88. The molecule has 1 rings (SSSR count). The number of hydrogen-bond donors (Lipinski definition) is 0. The Labute approximate surface area is 117 Å². The summed E-state index contributed by atoms with van der Waals surface area (Å²) in [6.45, 7) is 10.7. The maximum atomic E-state index is 12.2. The van der Waals surface area contributed by atoms with Gasteiger partial charge in [-0.25, -0.2) is 0 Å². The molecule has 0 bridgehead atoms. The summed E-state index contributed by atoms with van der Waals surface area (Å²) in [5.74, 6) is 1.37. The Morgan fingerprint density at radius 3 is 2.32 bits per heavy atom. The van der Waals surface area contributed by atoms with E-state index in [9.17, 15) is 9.59 Å². The van der Waals surface area contributed by atoms with Crippen molar-refractivity contribution < 1.29 is 9.59 Å². The molecule has 0 aromatic carbocycles. The van der Waals surface area contributed by atoms with Crippen LogP contribution in [0, 0.1) is 11.8 Å². The molecule has 0 N–H and O–H groups in total. The van der Waals surface area contributed by atoms with Gasteiger partial charge in [-0.2, -0.15) is 0 Å². The number of carbonyl (C=O) groups is 2. The molecule has 4 heteroatoms. The molecule has 19 heavy (non-hydrogen) atoms. The topological polar surface area (TPSA) is 40.6 Å². The van der Waals surface area contributed by atoms with Gasteiger partial charge in [0.25, 0.3) is 0 Å². The Bertz CT molecular complexity index is 307. The Balaban J connectivity index is 2.44. The second-order valence-corrected chi connectivity index (χ2v) is 6.19. The lowest BCUT2D eigenvalue weighted by molar-refractivity contribution is -0.140. The van der Waals surface area contributed by atoms with Gasteiger partial charge in [-0.3, -0.25) is 9.59 Å². The van der Waals surface area contributed by atoms with Gasteiger partial charge in [0.15, 0.2) is 0 Å². The van der Waals surface area contributed by atoms with Crippen LogP contribution in [0.5, 0.6) is 0 Å². The average Bonchev–Trinajstić information content (AvgIpc) is 2.34. The predicted octanol–water partition coefficient (Wildman–Crippen LogP) is 2.14. The number of piperidine rings is 1. The van der Waals surface area contributed by atoms with Crippen LogP contribution < -0.4 is 0 Å². The summed E-state index contributed by atoms with van der Waals surface area (Å²) in [6.07, 6.45) is 3.11. The lowest BCUT2D eigenvalue weighted by Gasteiger charge is -2.32. The summed E-state index contributed by atoms with van der Waals surface area (Å²) in [7, 11) is 0. The molecule has 0 aromatic heterocycles. The molecule has 2 amide bonds. The van der Waals surface area contributed by atoms with Crippen LogP contribution in [0.1, 0.15) is 47.0 Å². The predicted molar refractivity (Wildman–Crippen MR) is 76.7 cm³/mol. The summed E-state index contributed by atoms with van der Waals surface area (Å²) in [5, 5.41) is 0. The zero-order chi connectivity index (χ0) is 14.4. The third-order valence-corrected chi connectivity index (χ3v) is 3.88. The van der Waals surface area contributed by atoms with E-state index in [1.165, 1.54) is 0 Å². The Morgan fingerprint density at radius 2 is 1.84 bits per heavy atom. The number of likely N-dealkylation sites (tertiary alicyclic amines) is 1. The van der Waals surface area contributed by atoms with E-state index in [2.05, 4.69) is 20.8 Å². The highest BCUT2D eigenvalue weighted by molar-refractivity contribution is 5.83. The van der Waals surface area contributed by atoms with E-state index >= 15 is 0 Å². The smallest absolute Gasteiger partial charge is 0.242 e. The largest absolute Gasteiger partial charge is 0.341 e. The van der Waals surface area contributed by atoms with Crippen LogP contribution >= 0.6 is 0 Å². The van der Waals surface area contributed by atoms with Crippen molar-refractivity contribution in [1.82, 2.24) is 9.80 Å². The van der Waals surface area contributed by atoms with Crippen LogP contribution in [0.15, 0.2) is 0 Å². The van der Waals surface area contributed by atoms with Crippen LogP contribution in [0.4, 0.5) is 0 Å². The van der Waals surface area contributed by atoms with Gasteiger partial charge >= 0.3 is 0 Å². The standard InChI is InChI=1S/C15H28N2O2/c1-12(2)5-8-17(14(4)18)11-15(19)16-9-6-13(3)7-10-16/h12-13H,5-11H2,1-4H3. The maximum absolute atomic E-state index is 12.2. The third kappa shape index (κ3) is 5.62. The zero-order valence-corrected chi connectivity index (χ0v) is 12.8. The van der Waals surface area contributed by atoms with Gasteiger partial charge in [0, 0.05) is 26.6 Å². The number of rotatable bonds is 5. The Kier molecular flexibility index (Phi) is 6.32. The van der Waals surface area contributed by atoms with Crippen LogP contribution in [0.25, 0.3) is 0 Å². The molecular formula is C15H28N2O2. The molecule has 1 fully saturated rings. The van der Waals surface area contributed by atoms with Crippen molar-refractivity contribution in [3.05, 3.63) is 0 Å². The van der Waals surface area contributed by atoms with E-state index in [1.54, 1.807) is 11.8 Å². The zero-order valence-electron chi connectivity index (χ0n) is 12.8. The van der Waals surface area contributed by atoms with E-state index in [-0.39, 0.29) is 18.4 Å². The SMILES string of the molecule is CC(=O)N(CCC(C)C)CC(=O)N1CCC(C)CC1. The number of amides is 2. The summed E-state index contributed by atoms with van der Waals surface area (Å²) in [5.41, 5.74) is 0. The van der Waals surface area contributed by atoms with Crippen molar-refractivity contribution in [2.45, 2.75) is 47.0 Å². The molecule has 0 atom stereocenters. The highest BCUT2D eigenvalue weighted by Crippen LogP contribution is 2.16. The van der Waals surface area contributed by atoms with Crippen molar-refractivity contribution in [2.75, 3.05) is 26.2 Å². The monoisotopic (exact) mass is 268 g/mol. The van der Waals surface area contributed by atoms with Crippen LogP contribution in [-0.4, -0.2) is 47.8 Å². The molecule has 1 saturated heterocycles. The van der Waals surface area contributed by atoms with E-state index in [0.29, 0.717) is 18.4 Å². The quantitative estimate of drug-likeness (QED) is 0.766. The lowest BCUT2D eigenvalue weighted by Crippen LogP contribution is -2.45. The first-order valence-corrected chi connectivity index (χ1v) is 7.43. The molecule has 4 nitrogen and oxygen atoms in total. The summed E-state index contributed by atoms with van der Waals surface area (Å²) < 4.78 is 0. The van der Waals surface area contributed by atoms with Crippen LogP contribution in [0.2, 0.25) is 0 Å². The number of carbonyl (C=O) groups excluding carboxylic acids is 2. The molecule has 1 heterocycles. The molecule has 0 saturated carbocycles. The summed E-state index contributed by atoms with van der Waals surface area (Å²) >= 11 is 0. The molecule has 0 aliphatic carbocycles. The minimum Gasteiger partial charge on any atom is -0.341 e. The van der Waals surface area contributed by atoms with E-state index < -0.39 is 0 Å². The van der Waals surface area contributed by atoms with Gasteiger partial charge in [0.1, 0.15) is 0 Å². The summed E-state index contributed by atoms with van der Waals surface area (Å²) in [6, 6.07) is 0. The fourth-order valence-corrected chi connectivity index (χ4v) is 2.28. The molecule has 110 valence electrons. The highest BCUT2D eigenvalue weighted by Gasteiger charge is 2.22.